The summed E-state index contributed by atoms with van der Waals surface area (Å²) in [5.41, 5.74) is 1.96. The number of fused-ring (bicyclic) bond motifs is 1. The highest BCUT2D eigenvalue weighted by Gasteiger charge is 2.12. The van der Waals surface area contributed by atoms with Crippen molar-refractivity contribution in [2.75, 3.05) is 0 Å². The normalized spacial score (nSPS) is 11.0. The van der Waals surface area contributed by atoms with E-state index in [2.05, 4.69) is 15.5 Å². The van der Waals surface area contributed by atoms with Crippen molar-refractivity contribution >= 4 is 11.6 Å². The highest BCUT2D eigenvalue weighted by Crippen LogP contribution is 2.12. The number of halogens is 1. The number of hydrogen-bond donors (Lipinski definition) is 1. The molecule has 7 heteroatoms. The van der Waals surface area contributed by atoms with Crippen LogP contribution in [0.2, 0.25) is 0 Å². The van der Waals surface area contributed by atoms with Gasteiger partial charge in [0.2, 0.25) is 0 Å². The molecule has 1 amide bonds. The van der Waals surface area contributed by atoms with Crippen molar-refractivity contribution in [2.24, 2.45) is 0 Å². The lowest BCUT2D eigenvalue weighted by Gasteiger charge is -2.06. The van der Waals surface area contributed by atoms with Crippen LogP contribution in [-0.2, 0) is 13.0 Å². The number of benzene rings is 1. The van der Waals surface area contributed by atoms with Gasteiger partial charge in [-0.1, -0.05) is 12.1 Å². The fraction of sp³-hybridized carbons (Fsp3) is 0.105. The first-order valence-electron chi connectivity index (χ1n) is 8.08. The summed E-state index contributed by atoms with van der Waals surface area (Å²) in [6.07, 6.45) is 3.79. The molecule has 0 spiro atoms. The van der Waals surface area contributed by atoms with Crippen molar-refractivity contribution in [2.45, 2.75) is 13.0 Å². The van der Waals surface area contributed by atoms with E-state index in [0.717, 1.165) is 11.3 Å². The maximum atomic E-state index is 12.9. The molecule has 4 rings (SSSR count). The van der Waals surface area contributed by atoms with Crippen LogP contribution in [0, 0.1) is 5.82 Å². The van der Waals surface area contributed by atoms with Gasteiger partial charge in [0.1, 0.15) is 17.4 Å². The second-order valence-electron chi connectivity index (χ2n) is 5.83. The van der Waals surface area contributed by atoms with E-state index in [0.29, 0.717) is 30.0 Å². The zero-order valence-electron chi connectivity index (χ0n) is 13.7. The number of rotatable bonds is 5. The molecular formula is C19H15FN4O2. The number of nitrogens with zero attached hydrogens (tertiary/aromatic N) is 3. The Kier molecular flexibility index (Phi) is 4.18. The first-order valence-corrected chi connectivity index (χ1v) is 8.08. The summed E-state index contributed by atoms with van der Waals surface area (Å²) in [5.74, 6) is 0.921. The van der Waals surface area contributed by atoms with Crippen molar-refractivity contribution in [1.29, 1.82) is 0 Å². The van der Waals surface area contributed by atoms with Crippen LogP contribution < -0.4 is 5.32 Å². The average molecular weight is 350 g/mol. The molecule has 0 bridgehead atoms. The van der Waals surface area contributed by atoms with Crippen LogP contribution in [-0.4, -0.2) is 20.5 Å². The summed E-state index contributed by atoms with van der Waals surface area (Å²) >= 11 is 0. The Morgan fingerprint density at radius 2 is 1.96 bits per heavy atom. The molecule has 26 heavy (non-hydrogen) atoms. The molecule has 0 atom stereocenters. The number of carbonyl (C=O) groups is 1. The topological polar surface area (TPSA) is 72.4 Å². The molecule has 0 radical (unpaired) electrons. The lowest BCUT2D eigenvalue weighted by molar-refractivity contribution is 0.0950. The molecule has 4 aromatic rings. The second-order valence-corrected chi connectivity index (χ2v) is 5.83. The maximum absolute atomic E-state index is 12.9. The van der Waals surface area contributed by atoms with E-state index in [1.807, 2.05) is 12.1 Å². The Labute approximate surface area is 148 Å². The molecule has 3 aromatic heterocycles. The van der Waals surface area contributed by atoms with Crippen LogP contribution in [0.15, 0.2) is 65.4 Å². The van der Waals surface area contributed by atoms with Gasteiger partial charge in [-0.15, -0.1) is 10.2 Å². The molecule has 1 N–H and O–H groups in total. The number of hydrogen-bond acceptors (Lipinski definition) is 4. The van der Waals surface area contributed by atoms with Gasteiger partial charge in [0.05, 0.1) is 18.2 Å². The molecule has 0 aliphatic rings. The van der Waals surface area contributed by atoms with Crippen molar-refractivity contribution in [1.82, 2.24) is 19.9 Å². The summed E-state index contributed by atoms with van der Waals surface area (Å²) in [6.45, 7) is 0.318. The summed E-state index contributed by atoms with van der Waals surface area (Å²) in [4.78, 5) is 12.4. The summed E-state index contributed by atoms with van der Waals surface area (Å²) < 4.78 is 20.0. The highest BCUT2D eigenvalue weighted by molar-refractivity contribution is 5.94. The quantitative estimate of drug-likeness (QED) is 0.601. The standard InChI is InChI=1S/C19H15FN4O2/c20-15-6-3-13(4-7-15)11-21-19(25)14-5-8-17-22-23-18(24(17)12-14)10-16-2-1-9-26-16/h1-9,12H,10-11H2,(H,21,25). The number of amides is 1. The first-order chi connectivity index (χ1) is 12.7. The van der Waals surface area contributed by atoms with Crippen LogP contribution in [0.1, 0.15) is 27.5 Å². The molecule has 3 heterocycles. The second kappa shape index (κ2) is 6.79. The van der Waals surface area contributed by atoms with Crippen LogP contribution in [0.25, 0.3) is 5.65 Å². The van der Waals surface area contributed by atoms with Crippen LogP contribution in [0.4, 0.5) is 4.39 Å². The fourth-order valence-corrected chi connectivity index (χ4v) is 2.65. The third-order valence-electron chi connectivity index (χ3n) is 4.01. The Balaban J connectivity index is 1.52. The number of nitrogens with one attached hydrogen (secondary N) is 1. The third kappa shape index (κ3) is 3.32. The molecule has 0 unspecified atom stereocenters. The van der Waals surface area contributed by atoms with Gasteiger partial charge in [0.25, 0.3) is 5.91 Å². The van der Waals surface area contributed by atoms with Gasteiger partial charge in [0, 0.05) is 12.7 Å². The fourth-order valence-electron chi connectivity index (χ4n) is 2.65. The van der Waals surface area contributed by atoms with Crippen molar-refractivity contribution < 1.29 is 13.6 Å². The largest absolute Gasteiger partial charge is 0.469 e. The van der Waals surface area contributed by atoms with Gasteiger partial charge >= 0.3 is 0 Å². The van der Waals surface area contributed by atoms with Gasteiger partial charge < -0.3 is 9.73 Å². The number of pyridine rings is 1. The number of carbonyl (C=O) groups excluding carboxylic acids is 1. The van der Waals surface area contributed by atoms with E-state index >= 15 is 0 Å². The van der Waals surface area contributed by atoms with E-state index in [9.17, 15) is 9.18 Å². The zero-order chi connectivity index (χ0) is 17.9. The molecule has 130 valence electrons. The Morgan fingerprint density at radius 1 is 1.12 bits per heavy atom. The lowest BCUT2D eigenvalue weighted by Crippen LogP contribution is -2.23. The Morgan fingerprint density at radius 3 is 2.73 bits per heavy atom. The summed E-state index contributed by atoms with van der Waals surface area (Å²) in [7, 11) is 0. The summed E-state index contributed by atoms with van der Waals surface area (Å²) in [6, 6.07) is 13.1. The third-order valence-corrected chi connectivity index (χ3v) is 4.01. The monoisotopic (exact) mass is 350 g/mol. The van der Waals surface area contributed by atoms with Crippen LogP contribution >= 0.6 is 0 Å². The molecule has 0 saturated heterocycles. The van der Waals surface area contributed by atoms with Crippen LogP contribution in [0.3, 0.4) is 0 Å². The molecule has 0 aliphatic heterocycles. The van der Waals surface area contributed by atoms with E-state index in [4.69, 9.17) is 4.42 Å². The molecule has 6 nitrogen and oxygen atoms in total. The van der Waals surface area contributed by atoms with Crippen molar-refractivity contribution in [3.05, 3.63) is 89.5 Å². The minimum absolute atomic E-state index is 0.228. The van der Waals surface area contributed by atoms with Gasteiger partial charge in [-0.3, -0.25) is 9.20 Å². The Bertz CT molecular complexity index is 1040. The predicted octanol–water partition coefficient (Wildman–Crippen LogP) is 2.98. The van der Waals surface area contributed by atoms with Gasteiger partial charge in [-0.25, -0.2) is 4.39 Å². The van der Waals surface area contributed by atoms with E-state index < -0.39 is 0 Å². The maximum Gasteiger partial charge on any atom is 0.253 e. The molecule has 0 fully saturated rings. The van der Waals surface area contributed by atoms with Crippen molar-refractivity contribution in [3.63, 3.8) is 0 Å². The Hall–Kier alpha value is -3.48. The smallest absolute Gasteiger partial charge is 0.253 e. The number of aromatic nitrogens is 3. The predicted molar refractivity (Wildman–Crippen MR) is 92.1 cm³/mol. The van der Waals surface area contributed by atoms with E-state index in [-0.39, 0.29) is 11.7 Å². The first kappa shape index (κ1) is 16.0. The van der Waals surface area contributed by atoms with Gasteiger partial charge in [-0.05, 0) is 42.0 Å². The van der Waals surface area contributed by atoms with E-state index in [1.165, 1.54) is 12.1 Å². The summed E-state index contributed by atoms with van der Waals surface area (Å²) in [5, 5.41) is 11.1. The minimum atomic E-state index is -0.303. The van der Waals surface area contributed by atoms with Gasteiger partial charge in [0.15, 0.2) is 5.65 Å². The highest BCUT2D eigenvalue weighted by atomic mass is 19.1. The number of furan rings is 1. The molecule has 0 aliphatic carbocycles. The molecular weight excluding hydrogens is 335 g/mol. The van der Waals surface area contributed by atoms with Gasteiger partial charge in [-0.2, -0.15) is 0 Å². The SMILES string of the molecule is O=C(NCc1ccc(F)cc1)c1ccc2nnc(Cc3ccco3)n2c1. The van der Waals surface area contributed by atoms with E-state index in [1.54, 1.807) is 41.1 Å². The van der Waals surface area contributed by atoms with Crippen molar-refractivity contribution in [3.8, 4) is 0 Å². The minimum Gasteiger partial charge on any atom is -0.469 e. The molecule has 0 saturated carbocycles. The lowest BCUT2D eigenvalue weighted by atomic mass is 10.2. The zero-order valence-corrected chi connectivity index (χ0v) is 13.7. The van der Waals surface area contributed by atoms with Crippen LogP contribution in [0.5, 0.6) is 0 Å². The average Bonchev–Trinajstić information content (AvgIpc) is 3.31. The molecule has 1 aromatic carbocycles.